The molecule has 3 aromatic carbocycles. The van der Waals surface area contributed by atoms with E-state index in [1.54, 1.807) is 67.2 Å². The van der Waals surface area contributed by atoms with Gasteiger partial charge in [0.1, 0.15) is 5.75 Å². The first-order valence-corrected chi connectivity index (χ1v) is 18.1. The molecule has 3 fully saturated rings. The number of nitrogens with zero attached hydrogens (tertiary/aromatic N) is 1. The Morgan fingerprint density at radius 2 is 1.63 bits per heavy atom. The summed E-state index contributed by atoms with van der Waals surface area (Å²) in [7, 11) is 0. The number of ether oxygens (including phenoxy) is 2. The first kappa shape index (κ1) is 31.9. The minimum absolute atomic E-state index is 0.0115. The van der Waals surface area contributed by atoms with Crippen LogP contribution in [0.4, 0.5) is 11.4 Å². The first-order valence-electron chi connectivity index (χ1n) is 16.0. The van der Waals surface area contributed by atoms with E-state index in [0.29, 0.717) is 27.7 Å². The average molecular weight is 716 g/mol. The Morgan fingerprint density at radius 1 is 0.939 bits per heavy atom. The van der Waals surface area contributed by atoms with Gasteiger partial charge in [0.15, 0.2) is 6.61 Å². The Labute approximate surface area is 294 Å². The van der Waals surface area contributed by atoms with E-state index in [2.05, 4.69) is 10.3 Å². The summed E-state index contributed by atoms with van der Waals surface area (Å²) in [4.78, 5) is 70.0. The SMILES string of the molecule is CCOC(=O)c1ccc(NC(=O)COc2ccc([C@H]3c4sc(=O)[nH]c4SC4C5CC(C6C(=O)N(c7ccc(Cl)cc7)C(=O)C56)C43)cc2)cc1. The molecule has 4 aromatic rings. The van der Waals surface area contributed by atoms with Crippen molar-refractivity contribution >= 4 is 69.8 Å². The molecule has 2 aliphatic carbocycles. The number of rotatable bonds is 8. The van der Waals surface area contributed by atoms with Crippen molar-refractivity contribution in [2.75, 3.05) is 23.4 Å². The van der Waals surface area contributed by atoms with E-state index >= 15 is 0 Å². The number of hydrogen-bond donors (Lipinski definition) is 2. The molecule has 2 saturated carbocycles. The summed E-state index contributed by atoms with van der Waals surface area (Å²) in [6.07, 6.45) is 0.793. The fourth-order valence-electron chi connectivity index (χ4n) is 8.26. The predicted molar refractivity (Wildman–Crippen MR) is 185 cm³/mol. The number of benzene rings is 3. The summed E-state index contributed by atoms with van der Waals surface area (Å²) in [5.41, 5.74) is 2.45. The molecular weight excluding hydrogens is 686 g/mol. The maximum atomic E-state index is 13.9. The van der Waals surface area contributed by atoms with Crippen LogP contribution in [0.3, 0.4) is 0 Å². The molecule has 1 aromatic heterocycles. The van der Waals surface area contributed by atoms with E-state index in [1.807, 2.05) is 24.3 Å². The Hall–Kier alpha value is -4.39. The Balaban J connectivity index is 0.996. The smallest absolute Gasteiger partial charge is 0.338 e. The number of anilines is 2. The molecule has 6 unspecified atom stereocenters. The van der Waals surface area contributed by atoms with E-state index < -0.39 is 11.9 Å². The van der Waals surface area contributed by atoms with Gasteiger partial charge in [0.25, 0.3) is 5.91 Å². The molecule has 2 aliphatic heterocycles. The molecule has 13 heteroatoms. The standard InChI is InChI=1S/C36H30ClN3O7S2/c1-2-46-35(44)18-3-9-20(10-4-18)38-25(41)16-47-22-13-5-17(6-14-22)26-27-23-15-24(30(27)48-32-31(26)49-36(45)39-32)29-28(23)33(42)40(34(29)43)21-11-7-19(37)8-12-21/h3-14,23-24,26-30H,2,15-16H2,1H3,(H,38,41)(H,39,45)/t23?,24?,26-,27?,28?,29?,30?/m1/s1. The zero-order valence-corrected chi connectivity index (χ0v) is 28.5. The topological polar surface area (TPSA) is 135 Å². The number of carbonyl (C=O) groups excluding carboxylic acids is 4. The van der Waals surface area contributed by atoms with E-state index in [1.165, 1.54) is 16.2 Å². The van der Waals surface area contributed by atoms with Crippen LogP contribution >= 0.6 is 34.7 Å². The third kappa shape index (κ3) is 5.46. The Kier molecular flexibility index (Phi) is 8.12. The molecule has 3 heterocycles. The van der Waals surface area contributed by atoms with Crippen LogP contribution in [0.1, 0.15) is 40.1 Å². The number of imide groups is 1. The molecule has 250 valence electrons. The third-order valence-electron chi connectivity index (χ3n) is 10.1. The predicted octanol–water partition coefficient (Wildman–Crippen LogP) is 5.96. The number of H-pyrrole nitrogens is 1. The number of hydrogen-bond acceptors (Lipinski definition) is 9. The normalized spacial score (nSPS) is 26.2. The number of aromatic nitrogens is 1. The number of fused-ring (bicyclic) bond motifs is 9. The van der Waals surface area contributed by atoms with Crippen molar-refractivity contribution in [3.8, 4) is 5.75 Å². The van der Waals surface area contributed by atoms with Gasteiger partial charge in [-0.1, -0.05) is 35.1 Å². The number of thioether (sulfide) groups is 1. The molecule has 1 saturated heterocycles. The second-order valence-corrected chi connectivity index (χ2v) is 15.3. The van der Waals surface area contributed by atoms with Gasteiger partial charge < -0.3 is 19.8 Å². The van der Waals surface area contributed by atoms with E-state index in [4.69, 9.17) is 21.1 Å². The maximum absolute atomic E-state index is 13.9. The molecule has 7 atom stereocenters. The molecular formula is C36H30ClN3O7S2. The van der Waals surface area contributed by atoms with Crippen LogP contribution in [0.2, 0.25) is 5.02 Å². The van der Waals surface area contributed by atoms with Gasteiger partial charge in [-0.25, -0.2) is 4.79 Å². The van der Waals surface area contributed by atoms with Gasteiger partial charge in [-0.05, 0) is 97.3 Å². The molecule has 2 N–H and O–H groups in total. The Morgan fingerprint density at radius 3 is 2.33 bits per heavy atom. The van der Waals surface area contributed by atoms with Crippen molar-refractivity contribution in [2.24, 2.45) is 29.6 Å². The first-order chi connectivity index (χ1) is 23.7. The van der Waals surface area contributed by atoms with Crippen molar-refractivity contribution in [1.82, 2.24) is 4.98 Å². The lowest BCUT2D eigenvalue weighted by atomic mass is 9.68. The fraction of sp³-hybridized carbons (Fsp3) is 0.306. The summed E-state index contributed by atoms with van der Waals surface area (Å²) in [5.74, 6) is -1.45. The highest BCUT2D eigenvalue weighted by Crippen LogP contribution is 2.68. The van der Waals surface area contributed by atoms with Crippen LogP contribution in [0, 0.1) is 29.6 Å². The van der Waals surface area contributed by atoms with Gasteiger partial charge in [-0.3, -0.25) is 24.1 Å². The number of thiazole rings is 1. The summed E-state index contributed by atoms with van der Waals surface area (Å²) >= 11 is 8.93. The van der Waals surface area contributed by atoms with Crippen LogP contribution in [-0.2, 0) is 19.1 Å². The maximum Gasteiger partial charge on any atom is 0.338 e. The molecule has 0 spiro atoms. The lowest BCUT2D eigenvalue weighted by molar-refractivity contribution is -0.123. The van der Waals surface area contributed by atoms with Gasteiger partial charge in [0.2, 0.25) is 11.8 Å². The molecule has 4 aliphatic rings. The number of amides is 3. The van der Waals surface area contributed by atoms with Gasteiger partial charge in [0, 0.05) is 26.8 Å². The van der Waals surface area contributed by atoms with Gasteiger partial charge in [0.05, 0.1) is 34.7 Å². The Bertz CT molecular complexity index is 2030. The lowest BCUT2D eigenvalue weighted by Crippen LogP contribution is -2.42. The van der Waals surface area contributed by atoms with E-state index in [9.17, 15) is 24.0 Å². The van der Waals surface area contributed by atoms with Crippen molar-refractivity contribution in [3.05, 3.63) is 103 Å². The van der Waals surface area contributed by atoms with Crippen LogP contribution in [-0.4, -0.2) is 47.1 Å². The fourth-order valence-corrected chi connectivity index (χ4v) is 11.3. The van der Waals surface area contributed by atoms with Crippen molar-refractivity contribution in [1.29, 1.82) is 0 Å². The van der Waals surface area contributed by atoms with E-state index in [-0.39, 0.29) is 70.6 Å². The largest absolute Gasteiger partial charge is 0.484 e. The van der Waals surface area contributed by atoms with Crippen LogP contribution in [0.15, 0.2) is 82.6 Å². The zero-order chi connectivity index (χ0) is 34.0. The lowest BCUT2D eigenvalue weighted by Gasteiger charge is -2.43. The summed E-state index contributed by atoms with van der Waals surface area (Å²) in [6, 6.07) is 20.8. The number of halogens is 1. The van der Waals surface area contributed by atoms with E-state index in [0.717, 1.165) is 21.9 Å². The third-order valence-corrected chi connectivity index (χ3v) is 12.9. The molecule has 8 rings (SSSR count). The summed E-state index contributed by atoms with van der Waals surface area (Å²) in [6.45, 7) is 1.79. The van der Waals surface area contributed by atoms with Crippen LogP contribution in [0.25, 0.3) is 0 Å². The average Bonchev–Trinajstić information content (AvgIpc) is 3.84. The molecule has 3 amide bonds. The highest BCUT2D eigenvalue weighted by molar-refractivity contribution is 8.00. The zero-order valence-electron chi connectivity index (χ0n) is 26.1. The van der Waals surface area contributed by atoms with Crippen molar-refractivity contribution < 1.29 is 28.7 Å². The van der Waals surface area contributed by atoms with Gasteiger partial charge >= 0.3 is 10.8 Å². The second kappa shape index (κ2) is 12.5. The molecule has 2 bridgehead atoms. The van der Waals surface area contributed by atoms with Gasteiger partial charge in [-0.2, -0.15) is 0 Å². The van der Waals surface area contributed by atoms with Crippen LogP contribution < -0.4 is 19.8 Å². The second-order valence-electron chi connectivity index (χ2n) is 12.7. The van der Waals surface area contributed by atoms with Crippen molar-refractivity contribution in [2.45, 2.75) is 29.5 Å². The van der Waals surface area contributed by atoms with Crippen molar-refractivity contribution in [3.63, 3.8) is 0 Å². The highest BCUT2D eigenvalue weighted by atomic mass is 35.5. The summed E-state index contributed by atoms with van der Waals surface area (Å²) in [5, 5.41) is 4.20. The minimum Gasteiger partial charge on any atom is -0.484 e. The van der Waals surface area contributed by atoms with Crippen LogP contribution in [0.5, 0.6) is 5.75 Å². The molecule has 0 radical (unpaired) electrons. The number of carbonyl (C=O) groups is 4. The summed E-state index contributed by atoms with van der Waals surface area (Å²) < 4.78 is 10.8. The number of esters is 1. The molecule has 10 nitrogen and oxygen atoms in total. The number of aromatic amines is 1. The molecule has 49 heavy (non-hydrogen) atoms. The van der Waals surface area contributed by atoms with Gasteiger partial charge in [-0.15, -0.1) is 11.8 Å². The number of nitrogens with one attached hydrogen (secondary N) is 2. The highest BCUT2D eigenvalue weighted by Gasteiger charge is 2.69. The quantitative estimate of drug-likeness (QED) is 0.169. The minimum atomic E-state index is -0.427. The monoisotopic (exact) mass is 715 g/mol.